The first kappa shape index (κ1) is 22.5. The molecule has 0 fully saturated rings. The number of amides is 1. The summed E-state index contributed by atoms with van der Waals surface area (Å²) < 4.78 is 11.8. The fourth-order valence-electron chi connectivity index (χ4n) is 3.52. The maximum Gasteiger partial charge on any atom is 0.253 e. The molecule has 0 bridgehead atoms. The van der Waals surface area contributed by atoms with Gasteiger partial charge in [0.25, 0.3) is 5.91 Å². The maximum atomic E-state index is 12.0. The molecule has 0 aromatic heterocycles. The number of benzene rings is 2. The van der Waals surface area contributed by atoms with E-state index < -0.39 is 0 Å². The summed E-state index contributed by atoms with van der Waals surface area (Å²) in [5, 5.41) is 6.65. The Hall–Kier alpha value is -3.22. The minimum Gasteiger partial charge on any atom is -0.494 e. The molecule has 166 valence electrons. The summed E-state index contributed by atoms with van der Waals surface area (Å²) in [4.78, 5) is 17.9. The van der Waals surface area contributed by atoms with E-state index in [2.05, 4.69) is 34.7 Å². The molecule has 2 aromatic carbocycles. The predicted molar refractivity (Wildman–Crippen MR) is 123 cm³/mol. The van der Waals surface area contributed by atoms with Gasteiger partial charge in [-0.3, -0.25) is 9.79 Å². The summed E-state index contributed by atoms with van der Waals surface area (Å²) in [5.74, 6) is 2.49. The van der Waals surface area contributed by atoms with Crippen molar-refractivity contribution in [3.63, 3.8) is 0 Å². The Bertz CT molecular complexity index is 939. The van der Waals surface area contributed by atoms with Gasteiger partial charge in [0.15, 0.2) is 5.96 Å². The Morgan fingerprint density at radius 3 is 2.55 bits per heavy atom. The van der Waals surface area contributed by atoms with E-state index in [-0.39, 0.29) is 12.0 Å². The first-order valence-corrected chi connectivity index (χ1v) is 10.6. The number of carbonyl (C=O) groups excluding carboxylic acids is 1. The fraction of sp³-hybridized carbons (Fsp3) is 0.417. The van der Waals surface area contributed by atoms with Gasteiger partial charge < -0.3 is 25.0 Å². The molecule has 1 amide bonds. The smallest absolute Gasteiger partial charge is 0.253 e. The van der Waals surface area contributed by atoms with Gasteiger partial charge in [-0.05, 0) is 43.7 Å². The highest BCUT2D eigenvalue weighted by atomic mass is 16.5. The second-order valence-electron chi connectivity index (χ2n) is 7.81. The van der Waals surface area contributed by atoms with E-state index in [1.165, 1.54) is 5.56 Å². The summed E-state index contributed by atoms with van der Waals surface area (Å²) >= 11 is 0. The normalized spacial score (nSPS) is 15.1. The topological polar surface area (TPSA) is 75.2 Å². The number of fused-ring (bicyclic) bond motifs is 1. The number of nitrogens with one attached hydrogen (secondary N) is 2. The largest absolute Gasteiger partial charge is 0.494 e. The van der Waals surface area contributed by atoms with E-state index in [4.69, 9.17) is 9.47 Å². The van der Waals surface area contributed by atoms with E-state index in [0.29, 0.717) is 31.2 Å². The average Bonchev–Trinajstić information content (AvgIpc) is 3.12. The van der Waals surface area contributed by atoms with Gasteiger partial charge in [-0.25, -0.2) is 0 Å². The molecule has 1 aliphatic rings. The van der Waals surface area contributed by atoms with Crippen LogP contribution in [-0.2, 0) is 19.5 Å². The van der Waals surface area contributed by atoms with Crippen molar-refractivity contribution < 1.29 is 14.3 Å². The molecule has 2 aromatic rings. The van der Waals surface area contributed by atoms with Crippen molar-refractivity contribution in [1.82, 2.24) is 15.5 Å². The minimum absolute atomic E-state index is 0.00481. The molecule has 2 N–H and O–H groups in total. The van der Waals surface area contributed by atoms with Crippen LogP contribution in [0.4, 0.5) is 0 Å². The van der Waals surface area contributed by atoms with Crippen LogP contribution in [0.2, 0.25) is 0 Å². The van der Waals surface area contributed by atoms with Gasteiger partial charge in [0.2, 0.25) is 0 Å². The molecule has 1 unspecified atom stereocenters. The van der Waals surface area contributed by atoms with Crippen LogP contribution in [-0.4, -0.2) is 50.6 Å². The van der Waals surface area contributed by atoms with Gasteiger partial charge in [-0.15, -0.1) is 0 Å². The zero-order valence-corrected chi connectivity index (χ0v) is 19.0. The molecule has 0 saturated carbocycles. The number of ether oxygens (including phenoxy) is 2. The monoisotopic (exact) mass is 424 g/mol. The highest BCUT2D eigenvalue weighted by Gasteiger charge is 2.22. The Kier molecular flexibility index (Phi) is 7.39. The zero-order chi connectivity index (χ0) is 22.4. The van der Waals surface area contributed by atoms with Crippen molar-refractivity contribution in [1.29, 1.82) is 0 Å². The fourth-order valence-corrected chi connectivity index (χ4v) is 3.52. The van der Waals surface area contributed by atoms with Crippen LogP contribution in [0.1, 0.15) is 40.9 Å². The van der Waals surface area contributed by atoms with E-state index in [0.717, 1.165) is 29.0 Å². The number of hydrogen-bond acceptors (Lipinski definition) is 4. The summed E-state index contributed by atoms with van der Waals surface area (Å²) in [6, 6.07) is 11.7. The number of rotatable bonds is 7. The molecule has 31 heavy (non-hydrogen) atoms. The Morgan fingerprint density at radius 2 is 1.90 bits per heavy atom. The highest BCUT2D eigenvalue weighted by molar-refractivity contribution is 5.93. The van der Waals surface area contributed by atoms with Crippen molar-refractivity contribution >= 4 is 11.9 Å². The summed E-state index contributed by atoms with van der Waals surface area (Å²) in [6.45, 7) is 5.84. The zero-order valence-electron chi connectivity index (χ0n) is 19.0. The van der Waals surface area contributed by atoms with E-state index in [9.17, 15) is 4.79 Å². The van der Waals surface area contributed by atoms with Crippen LogP contribution in [0.25, 0.3) is 0 Å². The predicted octanol–water partition coefficient (Wildman–Crippen LogP) is 2.98. The number of nitrogens with zero attached hydrogens (tertiary/aromatic N) is 2. The Balaban J connectivity index is 1.60. The Labute approximate surface area is 184 Å². The summed E-state index contributed by atoms with van der Waals surface area (Å²) in [6.07, 6.45) is 1.10. The standard InChI is InChI=1S/C24H32N4O3/c1-6-30-21-12-19-11-16(2)31-22(19)13-20(21)15-27-24(25-3)26-14-17-7-9-18(10-8-17)23(29)28(4)5/h7-10,12-13,16H,6,11,14-15H2,1-5H3,(H2,25,26,27). The third-order valence-corrected chi connectivity index (χ3v) is 5.12. The van der Waals surface area contributed by atoms with Crippen LogP contribution < -0.4 is 20.1 Å². The van der Waals surface area contributed by atoms with Gasteiger partial charge in [0.05, 0.1) is 6.61 Å². The average molecular weight is 425 g/mol. The molecular weight excluding hydrogens is 392 g/mol. The number of guanidine groups is 1. The van der Waals surface area contributed by atoms with Crippen molar-refractivity contribution in [2.75, 3.05) is 27.7 Å². The van der Waals surface area contributed by atoms with E-state index in [1.54, 1.807) is 26.0 Å². The highest BCUT2D eigenvalue weighted by Crippen LogP contribution is 2.35. The minimum atomic E-state index is -0.00481. The van der Waals surface area contributed by atoms with Gasteiger partial charge in [-0.1, -0.05) is 12.1 Å². The maximum absolute atomic E-state index is 12.0. The van der Waals surface area contributed by atoms with Gasteiger partial charge >= 0.3 is 0 Å². The molecule has 0 spiro atoms. The molecule has 7 heteroatoms. The van der Waals surface area contributed by atoms with Crippen LogP contribution >= 0.6 is 0 Å². The van der Waals surface area contributed by atoms with Crippen molar-refractivity contribution in [2.45, 2.75) is 39.5 Å². The lowest BCUT2D eigenvalue weighted by Gasteiger charge is -2.16. The third-order valence-electron chi connectivity index (χ3n) is 5.12. The molecule has 0 radical (unpaired) electrons. The number of aliphatic imine (C=N–C) groups is 1. The van der Waals surface area contributed by atoms with Gasteiger partial charge in [0, 0.05) is 57.3 Å². The van der Waals surface area contributed by atoms with Crippen LogP contribution in [0, 0.1) is 0 Å². The van der Waals surface area contributed by atoms with E-state index in [1.807, 2.05) is 31.2 Å². The lowest BCUT2D eigenvalue weighted by molar-refractivity contribution is 0.0827. The molecule has 7 nitrogen and oxygen atoms in total. The lowest BCUT2D eigenvalue weighted by Crippen LogP contribution is -2.36. The molecule has 1 heterocycles. The summed E-state index contributed by atoms with van der Waals surface area (Å²) in [7, 11) is 5.24. The van der Waals surface area contributed by atoms with Crippen LogP contribution in [0.15, 0.2) is 41.4 Å². The molecular formula is C24H32N4O3. The van der Waals surface area contributed by atoms with Crippen LogP contribution in [0.3, 0.4) is 0 Å². The van der Waals surface area contributed by atoms with Gasteiger partial charge in [-0.2, -0.15) is 0 Å². The molecule has 3 rings (SSSR count). The second-order valence-corrected chi connectivity index (χ2v) is 7.81. The third kappa shape index (κ3) is 5.69. The number of carbonyl (C=O) groups is 1. The first-order valence-electron chi connectivity index (χ1n) is 10.6. The van der Waals surface area contributed by atoms with Crippen LogP contribution in [0.5, 0.6) is 11.5 Å². The number of hydrogen-bond donors (Lipinski definition) is 2. The molecule has 0 saturated heterocycles. The summed E-state index contributed by atoms with van der Waals surface area (Å²) in [5.41, 5.74) is 3.96. The quantitative estimate of drug-likeness (QED) is 0.528. The molecule has 0 aliphatic carbocycles. The molecule has 1 atom stereocenters. The molecule has 1 aliphatic heterocycles. The van der Waals surface area contributed by atoms with Crippen molar-refractivity contribution in [3.8, 4) is 11.5 Å². The lowest BCUT2D eigenvalue weighted by atomic mass is 10.1. The van der Waals surface area contributed by atoms with Crippen molar-refractivity contribution in [2.24, 2.45) is 4.99 Å². The van der Waals surface area contributed by atoms with Gasteiger partial charge in [0.1, 0.15) is 17.6 Å². The van der Waals surface area contributed by atoms with Crippen molar-refractivity contribution in [3.05, 3.63) is 58.7 Å². The first-order chi connectivity index (χ1) is 14.9. The van der Waals surface area contributed by atoms with E-state index >= 15 is 0 Å². The Morgan fingerprint density at radius 1 is 1.19 bits per heavy atom. The SMILES string of the molecule is CCOc1cc2c(cc1CNC(=NC)NCc1ccc(C(=O)N(C)C)cc1)OC(C)C2. The second kappa shape index (κ2) is 10.2.